The fraction of sp³-hybridized carbons (Fsp3) is 0.714. The average molecular weight is 256 g/mol. The number of ether oxygens (including phenoxy) is 1. The first kappa shape index (κ1) is 15.0. The van der Waals surface area contributed by atoms with E-state index in [1.807, 2.05) is 6.07 Å². The van der Waals surface area contributed by atoms with Gasteiger partial charge in [-0.25, -0.2) is 4.79 Å². The summed E-state index contributed by atoms with van der Waals surface area (Å²) >= 11 is -0.740. The second kappa shape index (κ2) is 8.23. The number of nitrogens with zero attached hydrogens (tertiary/aromatic N) is 1. The van der Waals surface area contributed by atoms with Crippen LogP contribution < -0.4 is 5.26 Å². The van der Waals surface area contributed by atoms with Crippen LogP contribution in [0.25, 0.3) is 0 Å². The van der Waals surface area contributed by atoms with Gasteiger partial charge in [-0.3, -0.25) is 5.04 Å². The van der Waals surface area contributed by atoms with Crippen LogP contribution in [0.5, 0.6) is 0 Å². The molecule has 0 aliphatic rings. The molecule has 0 radical (unpaired) electrons. The van der Waals surface area contributed by atoms with Crippen molar-refractivity contribution in [1.29, 1.82) is 5.26 Å². The van der Waals surface area contributed by atoms with E-state index < -0.39 is 23.3 Å². The number of alkyl halides is 2. The van der Waals surface area contributed by atoms with Crippen LogP contribution in [0.2, 0.25) is 0 Å². The highest BCUT2D eigenvalue weighted by Crippen LogP contribution is 2.30. The van der Waals surface area contributed by atoms with Crippen molar-refractivity contribution in [3.8, 4) is 6.07 Å². The van der Waals surface area contributed by atoms with E-state index in [2.05, 4.69) is 14.1 Å². The normalized spacial score (nSPS) is 10.9. The van der Waals surface area contributed by atoms with Crippen molar-refractivity contribution >= 4 is 18.0 Å². The highest BCUT2D eigenvalue weighted by Gasteiger charge is 2.43. The lowest BCUT2D eigenvalue weighted by Gasteiger charge is -2.13. The van der Waals surface area contributed by atoms with E-state index in [1.165, 1.54) is 0 Å². The van der Waals surface area contributed by atoms with Crippen LogP contribution in [-0.4, -0.2) is 17.8 Å². The summed E-state index contributed by atoms with van der Waals surface area (Å²) in [6.07, 6.45) is 1.01. The molecule has 0 atom stereocenters. The van der Waals surface area contributed by atoms with E-state index in [1.54, 1.807) is 0 Å². The number of unbranched alkanes of at least 4 members (excludes halogenated alkanes) is 2. The van der Waals surface area contributed by atoms with Crippen molar-refractivity contribution < 1.29 is 32.9 Å². The Labute approximate surface area is 94.1 Å². The van der Waals surface area contributed by atoms with Gasteiger partial charge in [0.05, 0.1) is 12.7 Å². The molecule has 0 heterocycles. The smallest absolute Gasteiger partial charge is 0.415 e. The Morgan fingerprint density at radius 3 is 2.75 bits per heavy atom. The number of carbonyl (C=O) groups is 1. The monoisotopic (exact) mass is 256 g/mol. The fourth-order valence-electron chi connectivity index (χ4n) is 0.646. The fourth-order valence-corrected chi connectivity index (χ4v) is 0.886. The summed E-state index contributed by atoms with van der Waals surface area (Å²) in [4.78, 5) is 10.7. The summed E-state index contributed by atoms with van der Waals surface area (Å²) in [6.45, 7) is -0.227. The number of carbonyl (C=O) groups excluding carboxylic acids is 1. The zero-order valence-corrected chi connectivity index (χ0v) is 8.80. The van der Waals surface area contributed by atoms with Gasteiger partial charge in [0.15, 0.2) is 0 Å². The van der Waals surface area contributed by atoms with Crippen LogP contribution in [0.4, 0.5) is 8.78 Å². The van der Waals surface area contributed by atoms with E-state index in [-0.39, 0.29) is 13.0 Å². The maximum Gasteiger partial charge on any atom is 0.415 e. The molecule has 0 amide bonds. The third-order valence-electron chi connectivity index (χ3n) is 1.32. The first-order chi connectivity index (χ1) is 7.54. The highest BCUT2D eigenvalue weighted by atomic mass is 32.2. The van der Waals surface area contributed by atoms with Crippen LogP contribution in [0.1, 0.15) is 19.3 Å². The van der Waals surface area contributed by atoms with Gasteiger partial charge in [0.2, 0.25) is 0 Å². The van der Waals surface area contributed by atoms with Crippen LogP contribution >= 0.6 is 12.0 Å². The predicted molar refractivity (Wildman–Crippen MR) is 45.1 cm³/mol. The molecule has 0 unspecified atom stereocenters. The van der Waals surface area contributed by atoms with Crippen LogP contribution in [0.3, 0.4) is 0 Å². The maximum absolute atomic E-state index is 12.7. The number of hydrogen-bond acceptors (Lipinski definition) is 7. The van der Waals surface area contributed by atoms with Crippen LogP contribution in [-0.2, 0) is 18.9 Å². The Balaban J connectivity index is 3.74. The summed E-state index contributed by atoms with van der Waals surface area (Å²) in [5.41, 5.74) is 0. The van der Waals surface area contributed by atoms with Gasteiger partial charge in [0.1, 0.15) is 12.0 Å². The molecule has 0 aromatic heterocycles. The van der Waals surface area contributed by atoms with Crippen molar-refractivity contribution in [2.75, 3.05) is 6.61 Å². The first-order valence-electron chi connectivity index (χ1n) is 4.11. The number of esters is 1. The van der Waals surface area contributed by atoms with Gasteiger partial charge in [-0.1, -0.05) is 0 Å². The summed E-state index contributed by atoms with van der Waals surface area (Å²) in [5, 5.41) is 16.1. The molecule has 92 valence electrons. The Hall–Kier alpha value is -0.950. The highest BCUT2D eigenvalue weighted by molar-refractivity contribution is 7.96. The van der Waals surface area contributed by atoms with E-state index in [9.17, 15) is 18.8 Å². The third kappa shape index (κ3) is 6.52. The minimum atomic E-state index is -4.00. The van der Waals surface area contributed by atoms with Crippen molar-refractivity contribution in [3.63, 3.8) is 0 Å². The van der Waals surface area contributed by atoms with Gasteiger partial charge in [-0.05, 0) is 12.8 Å². The standard InChI is InChI=1S/C7H9F2NO5S/c8-7(9,16-15-14-12)6(11)13-5-3-1-2-4-10/h12H,1-3,5H2/p-1. The number of hydrogen-bond donors (Lipinski definition) is 0. The summed E-state index contributed by atoms with van der Waals surface area (Å²) < 4.78 is 32.9. The zero-order valence-electron chi connectivity index (χ0n) is 7.98. The lowest BCUT2D eigenvalue weighted by atomic mass is 10.3. The molecule has 6 nitrogen and oxygen atoms in total. The van der Waals surface area contributed by atoms with Crippen LogP contribution in [0, 0.1) is 11.3 Å². The van der Waals surface area contributed by atoms with E-state index in [0.717, 1.165) is 0 Å². The lowest BCUT2D eigenvalue weighted by Crippen LogP contribution is -2.28. The second-order valence-electron chi connectivity index (χ2n) is 2.49. The largest absolute Gasteiger partial charge is 0.691 e. The SMILES string of the molecule is N#CCCCCOC(=O)C(F)(F)SOO[O-]. The molecule has 0 rings (SSSR count). The quantitative estimate of drug-likeness (QED) is 0.207. The zero-order chi connectivity index (χ0) is 12.4. The van der Waals surface area contributed by atoms with E-state index in [4.69, 9.17) is 5.26 Å². The summed E-state index contributed by atoms with van der Waals surface area (Å²) in [5.74, 6) is -1.83. The predicted octanol–water partition coefficient (Wildman–Crippen LogP) is 0.688. The number of halogens is 2. The number of rotatable bonds is 8. The maximum atomic E-state index is 12.7. The molecule has 0 aliphatic carbocycles. The molecule has 0 N–H and O–H groups in total. The number of nitriles is 1. The first-order valence-corrected chi connectivity index (χ1v) is 4.85. The molecular formula is C7H8F2NO5S-. The minimum absolute atomic E-state index is 0.227. The molecular weight excluding hydrogens is 248 g/mol. The molecule has 0 bridgehead atoms. The molecule has 0 saturated heterocycles. The molecule has 0 aliphatic heterocycles. The molecule has 0 spiro atoms. The Bertz CT molecular complexity index is 258. The van der Waals surface area contributed by atoms with Crippen molar-refractivity contribution in [3.05, 3.63) is 0 Å². The molecule has 0 saturated carbocycles. The molecule has 16 heavy (non-hydrogen) atoms. The summed E-state index contributed by atoms with van der Waals surface area (Å²) in [7, 11) is 0. The Morgan fingerprint density at radius 2 is 2.19 bits per heavy atom. The van der Waals surface area contributed by atoms with Crippen molar-refractivity contribution in [2.24, 2.45) is 0 Å². The molecule has 9 heteroatoms. The van der Waals surface area contributed by atoms with Gasteiger partial charge in [0, 0.05) is 6.42 Å². The third-order valence-corrected chi connectivity index (χ3v) is 1.82. The average Bonchev–Trinajstić information content (AvgIpc) is 2.26. The summed E-state index contributed by atoms with van der Waals surface area (Å²) in [6, 6.07) is 1.85. The van der Waals surface area contributed by atoms with Gasteiger partial charge < -0.3 is 9.99 Å². The topological polar surface area (TPSA) is 91.6 Å². The Kier molecular flexibility index (Phi) is 7.74. The van der Waals surface area contributed by atoms with Gasteiger partial charge in [-0.2, -0.15) is 18.4 Å². The van der Waals surface area contributed by atoms with Crippen LogP contribution in [0.15, 0.2) is 0 Å². The van der Waals surface area contributed by atoms with E-state index >= 15 is 0 Å². The van der Waals surface area contributed by atoms with Crippen molar-refractivity contribution in [1.82, 2.24) is 0 Å². The van der Waals surface area contributed by atoms with Crippen molar-refractivity contribution in [2.45, 2.75) is 24.5 Å². The van der Waals surface area contributed by atoms with Gasteiger partial charge in [0.25, 0.3) is 0 Å². The van der Waals surface area contributed by atoms with Gasteiger partial charge >= 0.3 is 11.2 Å². The minimum Gasteiger partial charge on any atom is -0.691 e. The molecule has 0 aromatic carbocycles. The molecule has 0 fully saturated rings. The Morgan fingerprint density at radius 1 is 1.50 bits per heavy atom. The lowest BCUT2D eigenvalue weighted by molar-refractivity contribution is -0.777. The molecule has 0 aromatic rings. The van der Waals surface area contributed by atoms with Gasteiger partial charge in [-0.15, -0.1) is 0 Å². The van der Waals surface area contributed by atoms with E-state index in [0.29, 0.717) is 12.8 Å². The second-order valence-corrected chi connectivity index (χ2v) is 3.30.